The van der Waals surface area contributed by atoms with Gasteiger partial charge in [0, 0.05) is 21.7 Å². The Hall–Kier alpha value is -2.99. The van der Waals surface area contributed by atoms with Crippen LogP contribution in [0.5, 0.6) is 5.75 Å². The Balaban J connectivity index is 1.35. The van der Waals surface area contributed by atoms with Gasteiger partial charge in [0.05, 0.1) is 25.7 Å². The van der Waals surface area contributed by atoms with E-state index in [4.69, 9.17) is 44.8 Å². The maximum atomic E-state index is 13.8. The van der Waals surface area contributed by atoms with E-state index in [1.165, 1.54) is 0 Å². The lowest BCUT2D eigenvalue weighted by atomic mass is 9.97. The van der Waals surface area contributed by atoms with Crippen molar-refractivity contribution >= 4 is 34.4 Å². The third kappa shape index (κ3) is 5.10. The summed E-state index contributed by atoms with van der Waals surface area (Å²) in [5.74, 6) is -3.41. The highest BCUT2D eigenvalue weighted by molar-refractivity contribution is 6.30. The molecule has 3 fully saturated rings. The molecule has 4 atom stereocenters. The van der Waals surface area contributed by atoms with Gasteiger partial charge in [0.1, 0.15) is 24.6 Å². The molecule has 6 rings (SSSR count). The summed E-state index contributed by atoms with van der Waals surface area (Å²) in [5, 5.41) is 1.22. The molecule has 3 aromatic rings. The van der Waals surface area contributed by atoms with Gasteiger partial charge in [-0.3, -0.25) is 14.2 Å². The van der Waals surface area contributed by atoms with Crippen LogP contribution in [0.1, 0.15) is 49.3 Å². The summed E-state index contributed by atoms with van der Waals surface area (Å²) < 4.78 is 43.6. The highest BCUT2D eigenvalue weighted by Gasteiger charge is 2.64. The number of ether oxygens (including phenoxy) is 7. The van der Waals surface area contributed by atoms with E-state index in [0.29, 0.717) is 38.5 Å². The first-order valence-electron chi connectivity index (χ1n) is 13.8. The molecule has 0 N–H and O–H groups in total. The molecule has 3 saturated heterocycles. The predicted octanol–water partition coefficient (Wildman–Crippen LogP) is 4.78. The monoisotopic (exact) mass is 599 g/mol. The molecular weight excluding hydrogens is 566 g/mol. The number of hydrogen-bond donors (Lipinski definition) is 0. The topological polar surface area (TPSA) is 104 Å². The summed E-state index contributed by atoms with van der Waals surface area (Å²) in [6, 6.07) is 12.1. The van der Waals surface area contributed by atoms with Gasteiger partial charge in [-0.2, -0.15) is 0 Å². The lowest BCUT2D eigenvalue weighted by Crippen LogP contribution is -2.63. The van der Waals surface area contributed by atoms with E-state index in [1.54, 1.807) is 82.7 Å². The minimum atomic E-state index is -1.36. The quantitative estimate of drug-likeness (QED) is 0.383. The average molecular weight is 600 g/mol. The van der Waals surface area contributed by atoms with Gasteiger partial charge in [-0.1, -0.05) is 11.6 Å². The van der Waals surface area contributed by atoms with Gasteiger partial charge in [-0.15, -0.1) is 0 Å². The van der Waals surface area contributed by atoms with Gasteiger partial charge in [-0.25, -0.2) is 0 Å². The van der Waals surface area contributed by atoms with Crippen molar-refractivity contribution in [3.05, 3.63) is 64.3 Å². The zero-order chi connectivity index (χ0) is 30.0. The highest BCUT2D eigenvalue weighted by atomic mass is 35.5. The molecule has 0 unspecified atom stereocenters. The molecular formula is C31H34ClNO9. The maximum Gasteiger partial charge on any atom is 0.310 e. The summed E-state index contributed by atoms with van der Waals surface area (Å²) >= 11 is 6.05. The number of halogens is 1. The van der Waals surface area contributed by atoms with Crippen LogP contribution in [0.3, 0.4) is 0 Å². The number of carbonyl (C=O) groups is 2. The van der Waals surface area contributed by atoms with Crippen molar-refractivity contribution in [2.45, 2.75) is 76.7 Å². The van der Waals surface area contributed by atoms with Crippen LogP contribution >= 0.6 is 11.6 Å². The van der Waals surface area contributed by atoms with Crippen LogP contribution in [-0.4, -0.2) is 72.4 Å². The largest absolute Gasteiger partial charge is 0.497 e. The van der Waals surface area contributed by atoms with Crippen LogP contribution in [-0.2, 0) is 39.6 Å². The fraction of sp³-hybridized carbons (Fsp3) is 0.484. The minimum absolute atomic E-state index is 0.0517. The van der Waals surface area contributed by atoms with Gasteiger partial charge < -0.3 is 33.2 Å². The Bertz CT molecular complexity index is 1540. The van der Waals surface area contributed by atoms with E-state index < -0.39 is 41.6 Å². The van der Waals surface area contributed by atoms with Crippen LogP contribution in [0.4, 0.5) is 0 Å². The zero-order valence-corrected chi connectivity index (χ0v) is 25.2. The van der Waals surface area contributed by atoms with Gasteiger partial charge in [0.25, 0.3) is 5.91 Å². The van der Waals surface area contributed by atoms with Crippen molar-refractivity contribution in [3.63, 3.8) is 0 Å². The Morgan fingerprint density at radius 2 is 1.76 bits per heavy atom. The third-order valence-electron chi connectivity index (χ3n) is 7.90. The maximum absolute atomic E-state index is 13.8. The van der Waals surface area contributed by atoms with Gasteiger partial charge in [0.2, 0.25) is 5.79 Å². The normalized spacial score (nSPS) is 27.7. The molecule has 4 heterocycles. The van der Waals surface area contributed by atoms with E-state index >= 15 is 0 Å². The number of fused-ring (bicyclic) bond motifs is 2. The average Bonchev–Trinajstić information content (AvgIpc) is 3.53. The standard InChI is InChI=1S/C31H34ClNO9/c1-17-21(22-13-20(36-6)11-12-23(22)33(17)28(35)18-7-9-19(32)10-8-18)14-25(34)39-27-26-24(40-30(4,5)41-26)15-37-31(27)16-38-29(2,3)42-31/h7-13,24,26-27H,14-16H2,1-6H3/t24-,26-,27+,31+/m1/s1. The Morgan fingerprint density at radius 1 is 1.02 bits per heavy atom. The van der Waals surface area contributed by atoms with Crippen molar-refractivity contribution in [1.29, 1.82) is 0 Å². The first-order valence-corrected chi connectivity index (χ1v) is 14.2. The van der Waals surface area contributed by atoms with Crippen molar-refractivity contribution in [3.8, 4) is 5.75 Å². The molecule has 1 spiro atoms. The summed E-state index contributed by atoms with van der Waals surface area (Å²) in [6.45, 7) is 9.20. The number of esters is 1. The van der Waals surface area contributed by atoms with Crippen LogP contribution in [0, 0.1) is 6.92 Å². The molecule has 0 aliphatic carbocycles. The number of nitrogens with zero attached hydrogens (tertiary/aromatic N) is 1. The fourth-order valence-corrected chi connectivity index (χ4v) is 6.17. The molecule has 1 aromatic heterocycles. The number of benzene rings is 2. The zero-order valence-electron chi connectivity index (χ0n) is 24.4. The SMILES string of the molecule is COc1ccc2c(c1)c(CC(=O)O[C@H]1[C@@H]3OC(C)(C)O[C@@H]3CO[C@]13COC(C)(C)O3)c(C)n2C(=O)c1ccc(Cl)cc1. The van der Waals surface area contributed by atoms with Gasteiger partial charge >= 0.3 is 5.97 Å². The van der Waals surface area contributed by atoms with Crippen LogP contribution in [0.15, 0.2) is 42.5 Å². The highest BCUT2D eigenvalue weighted by Crippen LogP contribution is 2.45. The van der Waals surface area contributed by atoms with E-state index in [2.05, 4.69) is 0 Å². The Kier molecular flexibility index (Phi) is 7.15. The summed E-state index contributed by atoms with van der Waals surface area (Å²) in [7, 11) is 1.56. The summed E-state index contributed by atoms with van der Waals surface area (Å²) in [5.41, 5.74) is 2.33. The lowest BCUT2D eigenvalue weighted by Gasteiger charge is -2.43. The molecule has 11 heteroatoms. The Morgan fingerprint density at radius 3 is 2.43 bits per heavy atom. The number of rotatable bonds is 5. The molecule has 0 amide bonds. The second-order valence-corrected chi connectivity index (χ2v) is 12.2. The Labute approximate surface area is 248 Å². The fourth-order valence-electron chi connectivity index (χ4n) is 6.05. The number of aromatic nitrogens is 1. The van der Waals surface area contributed by atoms with Crippen molar-refractivity contribution in [2.75, 3.05) is 20.3 Å². The predicted molar refractivity (Wildman–Crippen MR) is 152 cm³/mol. The van der Waals surface area contributed by atoms with E-state index in [-0.39, 0.29) is 25.5 Å². The molecule has 42 heavy (non-hydrogen) atoms. The van der Waals surface area contributed by atoms with Crippen molar-refractivity contribution < 1.29 is 42.7 Å². The lowest BCUT2D eigenvalue weighted by molar-refractivity contribution is -0.328. The minimum Gasteiger partial charge on any atom is -0.497 e. The number of carbonyl (C=O) groups excluding carboxylic acids is 2. The van der Waals surface area contributed by atoms with Crippen LogP contribution < -0.4 is 4.74 Å². The number of hydrogen-bond acceptors (Lipinski definition) is 9. The van der Waals surface area contributed by atoms with E-state index in [1.807, 2.05) is 6.07 Å². The first-order chi connectivity index (χ1) is 19.8. The number of methoxy groups -OCH3 is 1. The molecule has 3 aliphatic rings. The molecule has 3 aliphatic heterocycles. The van der Waals surface area contributed by atoms with Gasteiger partial charge in [0.15, 0.2) is 17.7 Å². The van der Waals surface area contributed by atoms with Gasteiger partial charge in [-0.05, 0) is 82.6 Å². The van der Waals surface area contributed by atoms with Crippen LogP contribution in [0.25, 0.3) is 10.9 Å². The van der Waals surface area contributed by atoms with Crippen molar-refractivity contribution in [1.82, 2.24) is 4.57 Å². The first kappa shape index (κ1) is 29.1. The molecule has 2 aromatic carbocycles. The smallest absolute Gasteiger partial charge is 0.310 e. The van der Waals surface area contributed by atoms with E-state index in [0.717, 1.165) is 0 Å². The van der Waals surface area contributed by atoms with E-state index in [9.17, 15) is 9.59 Å². The molecule has 0 bridgehead atoms. The molecule has 10 nitrogen and oxygen atoms in total. The van der Waals surface area contributed by atoms with Crippen molar-refractivity contribution in [2.24, 2.45) is 0 Å². The summed E-state index contributed by atoms with van der Waals surface area (Å²) in [6.07, 6.45) is -2.19. The summed E-state index contributed by atoms with van der Waals surface area (Å²) in [4.78, 5) is 27.4. The third-order valence-corrected chi connectivity index (χ3v) is 8.15. The molecule has 0 saturated carbocycles. The second-order valence-electron chi connectivity index (χ2n) is 11.7. The second kappa shape index (κ2) is 10.3. The molecule has 0 radical (unpaired) electrons. The molecule has 224 valence electrons. The van der Waals surface area contributed by atoms with Crippen LogP contribution in [0.2, 0.25) is 5.02 Å².